The van der Waals surface area contributed by atoms with Gasteiger partial charge in [0.2, 0.25) is 0 Å². The fourth-order valence-electron chi connectivity index (χ4n) is 2.51. The lowest BCUT2D eigenvalue weighted by Gasteiger charge is -2.34. The lowest BCUT2D eigenvalue weighted by Crippen LogP contribution is -2.44. The Morgan fingerprint density at radius 1 is 1.26 bits per heavy atom. The van der Waals surface area contributed by atoms with Gasteiger partial charge in [-0.15, -0.1) is 0 Å². The topological polar surface area (TPSA) is 78.7 Å². The van der Waals surface area contributed by atoms with Crippen LogP contribution in [-0.4, -0.2) is 56.9 Å². The standard InChI is InChI=1S/C15H24N4O2S2/c1-11(2)23(20,21)14-5-4-12(10-13(14)17-15(16)22)19-8-6-18(3)7-9-19/h4-5,10-11H,6-9H2,1-3H3,(H3,16,17,22). The molecule has 23 heavy (non-hydrogen) atoms. The molecule has 1 heterocycles. The molecule has 0 amide bonds. The zero-order valence-electron chi connectivity index (χ0n) is 13.7. The fourth-order valence-corrected chi connectivity index (χ4v) is 3.80. The molecule has 1 aromatic rings. The number of hydrogen-bond acceptors (Lipinski definition) is 5. The minimum Gasteiger partial charge on any atom is -0.376 e. The summed E-state index contributed by atoms with van der Waals surface area (Å²) in [5.74, 6) is 0. The molecule has 128 valence electrons. The molecule has 3 N–H and O–H groups in total. The summed E-state index contributed by atoms with van der Waals surface area (Å²) in [6.45, 7) is 7.08. The van der Waals surface area contributed by atoms with Crippen molar-refractivity contribution in [2.45, 2.75) is 24.0 Å². The van der Waals surface area contributed by atoms with Crippen LogP contribution in [0.25, 0.3) is 0 Å². The van der Waals surface area contributed by atoms with Crippen molar-refractivity contribution >= 4 is 38.5 Å². The number of piperazine rings is 1. The number of sulfone groups is 1. The van der Waals surface area contributed by atoms with Gasteiger partial charge in [-0.05, 0) is 51.3 Å². The first-order valence-electron chi connectivity index (χ1n) is 7.59. The van der Waals surface area contributed by atoms with E-state index in [1.807, 2.05) is 12.1 Å². The van der Waals surface area contributed by atoms with Gasteiger partial charge < -0.3 is 20.9 Å². The Labute approximate surface area is 143 Å². The number of rotatable bonds is 4. The van der Waals surface area contributed by atoms with Gasteiger partial charge >= 0.3 is 0 Å². The smallest absolute Gasteiger partial charge is 0.182 e. The SMILES string of the molecule is CC(C)S(=O)(=O)c1ccc(N2CCN(C)CC2)cc1NC(N)=S. The number of thiocarbonyl (C=S) groups is 1. The van der Waals surface area contributed by atoms with Gasteiger partial charge in [0, 0.05) is 31.9 Å². The van der Waals surface area contributed by atoms with E-state index in [1.165, 1.54) is 0 Å². The second-order valence-corrected chi connectivity index (χ2v) is 8.97. The average Bonchev–Trinajstić information content (AvgIpc) is 2.47. The van der Waals surface area contributed by atoms with Gasteiger partial charge in [0.1, 0.15) is 0 Å². The van der Waals surface area contributed by atoms with Crippen molar-refractivity contribution in [2.75, 3.05) is 43.4 Å². The first kappa shape index (κ1) is 18.0. The molecular weight excluding hydrogens is 332 g/mol. The number of nitrogens with zero attached hydrogens (tertiary/aromatic N) is 2. The Kier molecular flexibility index (Phi) is 5.49. The first-order chi connectivity index (χ1) is 10.7. The van der Waals surface area contributed by atoms with Crippen molar-refractivity contribution in [3.63, 3.8) is 0 Å². The van der Waals surface area contributed by atoms with E-state index in [0.29, 0.717) is 5.69 Å². The van der Waals surface area contributed by atoms with E-state index < -0.39 is 15.1 Å². The maximum absolute atomic E-state index is 12.5. The molecule has 0 bridgehead atoms. The van der Waals surface area contributed by atoms with Gasteiger partial charge in [0.15, 0.2) is 14.9 Å². The molecule has 2 rings (SSSR count). The summed E-state index contributed by atoms with van der Waals surface area (Å²) in [6.07, 6.45) is 0. The molecule has 1 aliphatic heterocycles. The van der Waals surface area contributed by atoms with Gasteiger partial charge in [-0.2, -0.15) is 0 Å². The summed E-state index contributed by atoms with van der Waals surface area (Å²) in [6, 6.07) is 5.31. The number of anilines is 2. The van der Waals surface area contributed by atoms with E-state index in [4.69, 9.17) is 18.0 Å². The number of benzene rings is 1. The van der Waals surface area contributed by atoms with Crippen LogP contribution in [0.4, 0.5) is 11.4 Å². The monoisotopic (exact) mass is 356 g/mol. The highest BCUT2D eigenvalue weighted by Crippen LogP contribution is 2.30. The molecule has 0 atom stereocenters. The molecule has 0 unspecified atom stereocenters. The highest BCUT2D eigenvalue weighted by Gasteiger charge is 2.24. The highest BCUT2D eigenvalue weighted by molar-refractivity contribution is 7.92. The van der Waals surface area contributed by atoms with E-state index in [9.17, 15) is 8.42 Å². The molecule has 0 spiro atoms. The predicted octanol–water partition coefficient (Wildman–Crippen LogP) is 1.28. The third-order valence-corrected chi connectivity index (χ3v) is 6.33. The molecular formula is C15H24N4O2S2. The van der Waals surface area contributed by atoms with Crippen molar-refractivity contribution in [3.8, 4) is 0 Å². The Bertz CT molecular complexity index is 681. The molecule has 6 nitrogen and oxygen atoms in total. The maximum Gasteiger partial charge on any atom is 0.182 e. The first-order valence-corrected chi connectivity index (χ1v) is 9.55. The molecule has 0 saturated carbocycles. The molecule has 0 aliphatic carbocycles. The number of nitrogens with one attached hydrogen (secondary N) is 1. The zero-order chi connectivity index (χ0) is 17.2. The lowest BCUT2D eigenvalue weighted by molar-refractivity contribution is 0.313. The van der Waals surface area contributed by atoms with Crippen LogP contribution in [0, 0.1) is 0 Å². The highest BCUT2D eigenvalue weighted by atomic mass is 32.2. The number of hydrogen-bond donors (Lipinski definition) is 2. The quantitative estimate of drug-likeness (QED) is 0.787. The van der Waals surface area contributed by atoms with Crippen LogP contribution in [0.5, 0.6) is 0 Å². The van der Waals surface area contributed by atoms with Gasteiger partial charge in [0.25, 0.3) is 0 Å². The Morgan fingerprint density at radius 2 is 1.87 bits per heavy atom. The Hall–Kier alpha value is -1.38. The van der Waals surface area contributed by atoms with Crippen LogP contribution in [0.15, 0.2) is 23.1 Å². The van der Waals surface area contributed by atoms with Crippen molar-refractivity contribution in [1.29, 1.82) is 0 Å². The summed E-state index contributed by atoms with van der Waals surface area (Å²) in [7, 11) is -1.32. The molecule has 1 fully saturated rings. The minimum absolute atomic E-state index is 0.0562. The third-order valence-electron chi connectivity index (χ3n) is 4.02. The van der Waals surface area contributed by atoms with Crippen LogP contribution in [0.3, 0.4) is 0 Å². The van der Waals surface area contributed by atoms with E-state index in [-0.39, 0.29) is 10.0 Å². The van der Waals surface area contributed by atoms with Crippen LogP contribution in [-0.2, 0) is 9.84 Å². The van der Waals surface area contributed by atoms with Gasteiger partial charge in [0.05, 0.1) is 15.8 Å². The average molecular weight is 357 g/mol. The normalized spacial score (nSPS) is 16.6. The van der Waals surface area contributed by atoms with E-state index in [1.54, 1.807) is 19.9 Å². The van der Waals surface area contributed by atoms with E-state index in [2.05, 4.69) is 22.2 Å². The van der Waals surface area contributed by atoms with Gasteiger partial charge in [-0.25, -0.2) is 8.42 Å². The molecule has 8 heteroatoms. The molecule has 0 radical (unpaired) electrons. The minimum atomic E-state index is -3.41. The van der Waals surface area contributed by atoms with Gasteiger partial charge in [-0.1, -0.05) is 0 Å². The lowest BCUT2D eigenvalue weighted by atomic mass is 10.2. The number of nitrogens with two attached hydrogens (primary N) is 1. The van der Waals surface area contributed by atoms with Crippen molar-refractivity contribution in [3.05, 3.63) is 18.2 Å². The second-order valence-electron chi connectivity index (χ2n) is 6.05. The molecule has 1 aliphatic rings. The van der Waals surface area contributed by atoms with E-state index in [0.717, 1.165) is 31.9 Å². The van der Waals surface area contributed by atoms with Crippen molar-refractivity contribution in [1.82, 2.24) is 4.90 Å². The second kappa shape index (κ2) is 7.02. The van der Waals surface area contributed by atoms with Crippen LogP contribution >= 0.6 is 12.2 Å². The zero-order valence-corrected chi connectivity index (χ0v) is 15.4. The van der Waals surface area contributed by atoms with Crippen LogP contribution in [0.2, 0.25) is 0 Å². The Morgan fingerprint density at radius 3 is 2.39 bits per heavy atom. The third kappa shape index (κ3) is 4.13. The van der Waals surface area contributed by atoms with Crippen LogP contribution in [0.1, 0.15) is 13.8 Å². The summed E-state index contributed by atoms with van der Waals surface area (Å²) < 4.78 is 25.0. The summed E-state index contributed by atoms with van der Waals surface area (Å²) in [5.41, 5.74) is 6.98. The summed E-state index contributed by atoms with van der Waals surface area (Å²) in [4.78, 5) is 4.73. The molecule has 0 aromatic heterocycles. The largest absolute Gasteiger partial charge is 0.376 e. The maximum atomic E-state index is 12.5. The fraction of sp³-hybridized carbons (Fsp3) is 0.533. The Balaban J connectivity index is 2.40. The molecule has 1 saturated heterocycles. The summed E-state index contributed by atoms with van der Waals surface area (Å²) >= 11 is 4.89. The van der Waals surface area contributed by atoms with Gasteiger partial charge in [-0.3, -0.25) is 0 Å². The number of likely N-dealkylation sites (N-methyl/N-ethyl adjacent to an activating group) is 1. The van der Waals surface area contributed by atoms with Crippen LogP contribution < -0.4 is 16.0 Å². The summed E-state index contributed by atoms with van der Waals surface area (Å²) in [5, 5.41) is 2.36. The molecule has 1 aromatic carbocycles. The predicted molar refractivity (Wildman–Crippen MR) is 98.9 cm³/mol. The van der Waals surface area contributed by atoms with E-state index >= 15 is 0 Å². The van der Waals surface area contributed by atoms with Crippen molar-refractivity contribution < 1.29 is 8.42 Å². The van der Waals surface area contributed by atoms with Crippen molar-refractivity contribution in [2.24, 2.45) is 5.73 Å².